The molecule has 0 radical (unpaired) electrons. The highest BCUT2D eigenvalue weighted by Crippen LogP contribution is 2.16. The number of ether oxygens (including phenoxy) is 1. The number of hydrogen-bond acceptors (Lipinski definition) is 3. The van der Waals surface area contributed by atoms with Gasteiger partial charge in [-0.05, 0) is 61.8 Å². The highest BCUT2D eigenvalue weighted by atomic mass is 19.1. The van der Waals surface area contributed by atoms with E-state index in [4.69, 9.17) is 4.74 Å². The predicted octanol–water partition coefficient (Wildman–Crippen LogP) is 3.58. The van der Waals surface area contributed by atoms with Crippen LogP contribution in [0.2, 0.25) is 0 Å². The second-order valence-corrected chi connectivity index (χ2v) is 6.81. The van der Waals surface area contributed by atoms with E-state index in [-0.39, 0.29) is 5.82 Å². The van der Waals surface area contributed by atoms with E-state index in [9.17, 15) is 4.39 Å². The fourth-order valence-electron chi connectivity index (χ4n) is 3.12. The summed E-state index contributed by atoms with van der Waals surface area (Å²) in [4.78, 5) is 4.94. The normalized spacial score (nSPS) is 16.1. The van der Waals surface area contributed by atoms with Crippen LogP contribution < -0.4 is 4.74 Å². The van der Waals surface area contributed by atoms with Crippen molar-refractivity contribution in [2.24, 2.45) is 0 Å². The molecule has 0 aliphatic carbocycles. The topological polar surface area (TPSA) is 15.7 Å². The molecule has 25 heavy (non-hydrogen) atoms. The smallest absolute Gasteiger partial charge is 0.123 e. The molecule has 0 amide bonds. The van der Waals surface area contributed by atoms with Crippen molar-refractivity contribution in [2.75, 3.05) is 39.8 Å². The molecule has 134 valence electrons. The molecule has 0 saturated carbocycles. The molecular weight excluding hydrogens is 315 g/mol. The van der Waals surface area contributed by atoms with Crippen molar-refractivity contribution in [1.29, 1.82) is 0 Å². The summed E-state index contributed by atoms with van der Waals surface area (Å²) in [6.45, 7) is 6.29. The molecule has 2 aromatic carbocycles. The van der Waals surface area contributed by atoms with Gasteiger partial charge < -0.3 is 14.5 Å². The lowest BCUT2D eigenvalue weighted by molar-refractivity contribution is 0.153. The molecule has 1 aliphatic heterocycles. The van der Waals surface area contributed by atoms with Crippen LogP contribution in [0.5, 0.6) is 5.75 Å². The molecule has 0 aromatic heterocycles. The van der Waals surface area contributed by atoms with Crippen molar-refractivity contribution in [3.05, 3.63) is 65.5 Å². The Hall–Kier alpha value is -1.91. The van der Waals surface area contributed by atoms with Crippen LogP contribution in [0.1, 0.15) is 17.5 Å². The lowest BCUT2D eigenvalue weighted by Crippen LogP contribution is -2.44. The SMILES string of the molecule is CN1CCN(CCCc2ccc(OCc3cccc(F)c3)cc2)CC1. The predicted molar refractivity (Wildman–Crippen MR) is 99.4 cm³/mol. The molecule has 0 unspecified atom stereocenters. The maximum absolute atomic E-state index is 13.2. The molecule has 0 atom stereocenters. The number of hydrogen-bond donors (Lipinski definition) is 0. The fraction of sp³-hybridized carbons (Fsp3) is 0.429. The number of rotatable bonds is 7. The highest BCUT2D eigenvalue weighted by Gasteiger charge is 2.12. The monoisotopic (exact) mass is 342 g/mol. The summed E-state index contributed by atoms with van der Waals surface area (Å²) in [7, 11) is 2.19. The van der Waals surface area contributed by atoms with E-state index in [1.54, 1.807) is 6.07 Å². The van der Waals surface area contributed by atoms with Gasteiger partial charge in [-0.2, -0.15) is 0 Å². The third-order valence-corrected chi connectivity index (χ3v) is 4.75. The lowest BCUT2D eigenvalue weighted by atomic mass is 10.1. The molecule has 1 fully saturated rings. The van der Waals surface area contributed by atoms with E-state index >= 15 is 0 Å². The summed E-state index contributed by atoms with van der Waals surface area (Å²) >= 11 is 0. The number of likely N-dealkylation sites (N-methyl/N-ethyl adjacent to an activating group) is 1. The molecule has 1 heterocycles. The van der Waals surface area contributed by atoms with Crippen molar-refractivity contribution in [2.45, 2.75) is 19.4 Å². The Balaban J connectivity index is 1.39. The van der Waals surface area contributed by atoms with E-state index in [2.05, 4.69) is 29.0 Å². The Morgan fingerprint density at radius 2 is 1.72 bits per heavy atom. The van der Waals surface area contributed by atoms with Crippen LogP contribution in [0.15, 0.2) is 48.5 Å². The van der Waals surface area contributed by atoms with Crippen LogP contribution in [-0.4, -0.2) is 49.6 Å². The van der Waals surface area contributed by atoms with Gasteiger partial charge in [-0.1, -0.05) is 24.3 Å². The van der Waals surface area contributed by atoms with Crippen LogP contribution in [0, 0.1) is 5.82 Å². The summed E-state index contributed by atoms with van der Waals surface area (Å²) in [5.41, 5.74) is 2.18. The summed E-state index contributed by atoms with van der Waals surface area (Å²) in [6.07, 6.45) is 2.28. The fourth-order valence-corrected chi connectivity index (χ4v) is 3.12. The molecule has 1 saturated heterocycles. The first kappa shape index (κ1) is 17.9. The lowest BCUT2D eigenvalue weighted by Gasteiger charge is -2.32. The van der Waals surface area contributed by atoms with Gasteiger partial charge in [0.05, 0.1) is 0 Å². The Morgan fingerprint density at radius 1 is 0.960 bits per heavy atom. The Bertz CT molecular complexity index is 651. The zero-order valence-electron chi connectivity index (χ0n) is 15.0. The van der Waals surface area contributed by atoms with Crippen molar-refractivity contribution in [1.82, 2.24) is 9.80 Å². The van der Waals surface area contributed by atoms with Gasteiger partial charge in [-0.25, -0.2) is 4.39 Å². The van der Waals surface area contributed by atoms with Crippen molar-refractivity contribution >= 4 is 0 Å². The molecule has 0 N–H and O–H groups in total. The van der Waals surface area contributed by atoms with Gasteiger partial charge >= 0.3 is 0 Å². The number of aryl methyl sites for hydroxylation is 1. The Morgan fingerprint density at radius 3 is 2.44 bits per heavy atom. The highest BCUT2D eigenvalue weighted by molar-refractivity contribution is 5.28. The molecular formula is C21H27FN2O. The number of halogens is 1. The molecule has 0 spiro atoms. The van der Waals surface area contributed by atoms with E-state index in [1.807, 2.05) is 18.2 Å². The maximum atomic E-state index is 13.2. The van der Waals surface area contributed by atoms with E-state index in [0.717, 1.165) is 17.7 Å². The van der Waals surface area contributed by atoms with Crippen molar-refractivity contribution in [3.63, 3.8) is 0 Å². The van der Waals surface area contributed by atoms with Gasteiger partial charge in [0.15, 0.2) is 0 Å². The average Bonchev–Trinajstić information content (AvgIpc) is 2.63. The Labute approximate surface area is 150 Å². The third kappa shape index (κ3) is 5.83. The summed E-state index contributed by atoms with van der Waals surface area (Å²) in [6, 6.07) is 14.8. The summed E-state index contributed by atoms with van der Waals surface area (Å²) in [5.74, 6) is 0.601. The zero-order valence-corrected chi connectivity index (χ0v) is 15.0. The second-order valence-electron chi connectivity index (χ2n) is 6.81. The first-order valence-electron chi connectivity index (χ1n) is 9.06. The molecule has 1 aliphatic rings. The van der Waals surface area contributed by atoms with Gasteiger partial charge in [0.1, 0.15) is 18.2 Å². The number of benzene rings is 2. The Kier molecular flexibility index (Phi) is 6.42. The second kappa shape index (κ2) is 8.97. The minimum Gasteiger partial charge on any atom is -0.489 e. The van der Waals surface area contributed by atoms with Crippen molar-refractivity contribution in [3.8, 4) is 5.75 Å². The van der Waals surface area contributed by atoms with Gasteiger partial charge in [0.25, 0.3) is 0 Å². The van der Waals surface area contributed by atoms with E-state index in [0.29, 0.717) is 6.61 Å². The average molecular weight is 342 g/mol. The van der Waals surface area contributed by atoms with Crippen molar-refractivity contribution < 1.29 is 9.13 Å². The maximum Gasteiger partial charge on any atom is 0.123 e. The minimum absolute atomic E-state index is 0.225. The zero-order chi connectivity index (χ0) is 17.5. The van der Waals surface area contributed by atoms with Crippen LogP contribution in [0.4, 0.5) is 4.39 Å². The van der Waals surface area contributed by atoms with Crippen LogP contribution in [0.3, 0.4) is 0 Å². The van der Waals surface area contributed by atoms with Gasteiger partial charge in [-0.3, -0.25) is 0 Å². The van der Waals surface area contributed by atoms with Crippen LogP contribution in [-0.2, 0) is 13.0 Å². The van der Waals surface area contributed by atoms with E-state index < -0.39 is 0 Å². The van der Waals surface area contributed by atoms with E-state index in [1.165, 1.54) is 56.8 Å². The first-order chi connectivity index (χ1) is 12.2. The van der Waals surface area contributed by atoms with Gasteiger partial charge in [0.2, 0.25) is 0 Å². The molecule has 2 aromatic rings. The third-order valence-electron chi connectivity index (χ3n) is 4.75. The first-order valence-corrected chi connectivity index (χ1v) is 9.06. The minimum atomic E-state index is -0.225. The summed E-state index contributed by atoms with van der Waals surface area (Å²) in [5, 5.41) is 0. The molecule has 3 nitrogen and oxygen atoms in total. The molecule has 3 rings (SSSR count). The van der Waals surface area contributed by atoms with Gasteiger partial charge in [0, 0.05) is 26.2 Å². The quantitative estimate of drug-likeness (QED) is 0.765. The standard InChI is InChI=1S/C21H27FN2O/c1-23-12-14-24(15-13-23)11-3-5-18-7-9-21(10-8-18)25-17-19-4-2-6-20(22)16-19/h2,4,6-10,16H,3,5,11-15,17H2,1H3. The number of piperazine rings is 1. The molecule has 0 bridgehead atoms. The van der Waals surface area contributed by atoms with Crippen LogP contribution in [0.25, 0.3) is 0 Å². The molecule has 4 heteroatoms. The largest absolute Gasteiger partial charge is 0.489 e. The van der Waals surface area contributed by atoms with Gasteiger partial charge in [-0.15, -0.1) is 0 Å². The van der Waals surface area contributed by atoms with Crippen LogP contribution >= 0.6 is 0 Å². The summed E-state index contributed by atoms with van der Waals surface area (Å²) < 4.78 is 18.9. The number of nitrogens with zero attached hydrogens (tertiary/aromatic N) is 2.